The summed E-state index contributed by atoms with van der Waals surface area (Å²) < 4.78 is 0. The molecule has 0 spiro atoms. The Labute approximate surface area is 109 Å². The number of ketones is 2. The first-order valence-electron chi connectivity index (χ1n) is 5.78. The van der Waals surface area contributed by atoms with Crippen LogP contribution in [0.2, 0.25) is 0 Å². The summed E-state index contributed by atoms with van der Waals surface area (Å²) in [7, 11) is 0. The Morgan fingerprint density at radius 2 is 1.32 bits per heavy atom. The first-order chi connectivity index (χ1) is 9.22. The van der Waals surface area contributed by atoms with Crippen molar-refractivity contribution in [2.75, 3.05) is 0 Å². The molecule has 19 heavy (non-hydrogen) atoms. The lowest BCUT2D eigenvalue weighted by Gasteiger charge is -1.93. The summed E-state index contributed by atoms with van der Waals surface area (Å²) in [6.45, 7) is 0. The number of rotatable bonds is 0. The molecule has 3 rings (SSSR count). The van der Waals surface area contributed by atoms with Crippen LogP contribution in [0.25, 0.3) is 5.57 Å². The van der Waals surface area contributed by atoms with E-state index in [-0.39, 0.29) is 17.1 Å². The second-order valence-corrected chi connectivity index (χ2v) is 4.27. The van der Waals surface area contributed by atoms with E-state index in [4.69, 9.17) is 5.41 Å². The van der Waals surface area contributed by atoms with Crippen LogP contribution in [-0.4, -0.2) is 17.4 Å². The van der Waals surface area contributed by atoms with E-state index < -0.39 is 0 Å². The Morgan fingerprint density at radius 3 is 1.79 bits per heavy atom. The first-order valence-corrected chi connectivity index (χ1v) is 5.78. The molecule has 2 aromatic rings. The number of Topliss-reactive ketones (excluding diaryl/α,β-unsaturated/α-hetero) is 2. The fourth-order valence-corrected chi connectivity index (χ4v) is 2.23. The number of carbonyl (C=O) groups excluding carboxylic acids is 2. The summed E-state index contributed by atoms with van der Waals surface area (Å²) >= 11 is 0. The highest BCUT2D eigenvalue weighted by molar-refractivity contribution is 6.55. The summed E-state index contributed by atoms with van der Waals surface area (Å²) in [6, 6.07) is 13.3. The van der Waals surface area contributed by atoms with E-state index in [1.807, 2.05) is 5.87 Å². The molecule has 0 atom stereocenters. The molecular weight excluding hydrogens is 238 g/mol. The molecule has 0 unspecified atom stereocenters. The summed E-state index contributed by atoms with van der Waals surface area (Å²) in [5.74, 6) is 1.52. The van der Waals surface area contributed by atoms with Gasteiger partial charge in [-0.1, -0.05) is 41.8 Å². The highest BCUT2D eigenvalue weighted by atomic mass is 16.2. The molecule has 1 radical (unpaired) electrons. The van der Waals surface area contributed by atoms with E-state index in [0.29, 0.717) is 21.6 Å². The fraction of sp³-hybridized carbons (Fsp3) is 0. The van der Waals surface area contributed by atoms with E-state index in [0.717, 1.165) is 0 Å². The van der Waals surface area contributed by atoms with Gasteiger partial charge in [0.25, 0.3) is 0 Å². The Kier molecular flexibility index (Phi) is 2.48. The Bertz CT molecular complexity index is 798. The van der Waals surface area contributed by atoms with Crippen molar-refractivity contribution in [3.05, 3.63) is 70.1 Å². The standard InChI is InChI=1S/C16H8NO2/c17-9-10-5-7-11(8-6-10)14-15(18)12-3-1-2-4-13(12)16(14)19/h1-8H. The van der Waals surface area contributed by atoms with Gasteiger partial charge in [-0.25, -0.2) is 0 Å². The van der Waals surface area contributed by atoms with E-state index in [1.54, 1.807) is 48.5 Å². The van der Waals surface area contributed by atoms with Crippen LogP contribution in [0.5, 0.6) is 0 Å². The van der Waals surface area contributed by atoms with Gasteiger partial charge in [0.1, 0.15) is 0 Å². The van der Waals surface area contributed by atoms with Crippen molar-refractivity contribution in [3.63, 3.8) is 0 Å². The molecule has 0 aliphatic heterocycles. The van der Waals surface area contributed by atoms with E-state index in [1.165, 1.54) is 0 Å². The van der Waals surface area contributed by atoms with Gasteiger partial charge >= 0.3 is 0 Å². The molecule has 0 N–H and O–H groups in total. The lowest BCUT2D eigenvalue weighted by molar-refractivity contribution is 0.102. The van der Waals surface area contributed by atoms with Crippen molar-refractivity contribution in [1.29, 1.82) is 0 Å². The predicted molar refractivity (Wildman–Crippen MR) is 70.4 cm³/mol. The van der Waals surface area contributed by atoms with Crippen LogP contribution < -0.4 is 15.8 Å². The number of hydrogen-bond donors (Lipinski definition) is 0. The Hall–Kier alpha value is -2.77. The van der Waals surface area contributed by atoms with Crippen LogP contribution in [0.1, 0.15) is 20.7 Å². The molecular formula is C16H8NO2. The van der Waals surface area contributed by atoms with Gasteiger partial charge in [-0.3, -0.25) is 9.59 Å². The van der Waals surface area contributed by atoms with Crippen LogP contribution in [0, 0.1) is 0 Å². The molecule has 0 aromatic heterocycles. The maximum atomic E-state index is 12.2. The lowest BCUT2D eigenvalue weighted by Crippen LogP contribution is -2.16. The van der Waals surface area contributed by atoms with Crippen molar-refractivity contribution < 1.29 is 9.59 Å². The van der Waals surface area contributed by atoms with Gasteiger partial charge in [0.05, 0.1) is 5.57 Å². The van der Waals surface area contributed by atoms with Crippen LogP contribution in [-0.2, 0) is 0 Å². The normalized spacial score (nSPS) is 13.4. The third-order valence-corrected chi connectivity index (χ3v) is 3.17. The lowest BCUT2D eigenvalue weighted by atomic mass is 10.1. The molecule has 0 saturated carbocycles. The molecule has 0 amide bonds. The van der Waals surface area contributed by atoms with Gasteiger partial charge in [0.2, 0.25) is 0 Å². The largest absolute Gasteiger partial charge is 0.288 e. The third-order valence-electron chi connectivity index (χ3n) is 3.17. The van der Waals surface area contributed by atoms with E-state index in [9.17, 15) is 9.59 Å². The maximum absolute atomic E-state index is 12.2. The van der Waals surface area contributed by atoms with Gasteiger partial charge in [-0.05, 0) is 17.4 Å². The molecule has 2 aromatic carbocycles. The van der Waals surface area contributed by atoms with Crippen LogP contribution in [0.3, 0.4) is 0 Å². The van der Waals surface area contributed by atoms with Crippen molar-refractivity contribution in [3.8, 4) is 0 Å². The zero-order chi connectivity index (χ0) is 13.4. The Morgan fingerprint density at radius 1 is 0.789 bits per heavy atom. The van der Waals surface area contributed by atoms with Crippen molar-refractivity contribution in [2.24, 2.45) is 0 Å². The van der Waals surface area contributed by atoms with Gasteiger partial charge in [-0.2, -0.15) is 0 Å². The average Bonchev–Trinajstić information content (AvgIpc) is 2.72. The molecule has 1 aliphatic rings. The van der Waals surface area contributed by atoms with Crippen LogP contribution in [0.4, 0.5) is 0 Å². The highest BCUT2D eigenvalue weighted by Crippen LogP contribution is 2.25. The second kappa shape index (κ2) is 4.16. The minimum Gasteiger partial charge on any atom is -0.288 e. The second-order valence-electron chi connectivity index (χ2n) is 4.27. The number of nitrogens with zero attached hydrogens (tertiary/aromatic N) is 1. The minimum absolute atomic E-state index is 0.186. The van der Waals surface area contributed by atoms with Crippen molar-refractivity contribution in [1.82, 2.24) is 5.41 Å². The first kappa shape index (κ1) is 11.3. The topological polar surface area (TPSA) is 56.4 Å². The number of benzene rings is 2. The van der Waals surface area contributed by atoms with Crippen molar-refractivity contribution in [2.45, 2.75) is 0 Å². The molecule has 3 heteroatoms. The zero-order valence-corrected chi connectivity index (χ0v) is 9.88. The Balaban J connectivity index is 2.31. The highest BCUT2D eigenvalue weighted by Gasteiger charge is 2.32. The van der Waals surface area contributed by atoms with Crippen LogP contribution >= 0.6 is 0 Å². The monoisotopic (exact) mass is 246 g/mol. The van der Waals surface area contributed by atoms with Gasteiger partial charge in [-0.15, -0.1) is 0 Å². The molecule has 0 saturated heterocycles. The molecule has 0 fully saturated rings. The fourth-order valence-electron chi connectivity index (χ4n) is 2.23. The number of carbonyl (C=O) groups is 2. The van der Waals surface area contributed by atoms with Gasteiger partial charge < -0.3 is 0 Å². The summed E-state index contributed by atoms with van der Waals surface area (Å²) in [5.41, 5.74) is 1.09. The summed E-state index contributed by atoms with van der Waals surface area (Å²) in [4.78, 5) is 24.5. The molecule has 0 bridgehead atoms. The third kappa shape index (κ3) is 1.65. The molecule has 0 heterocycles. The number of fused-ring (bicyclic) bond motifs is 1. The number of hydrogen-bond acceptors (Lipinski definition) is 2. The van der Waals surface area contributed by atoms with Crippen molar-refractivity contribution >= 4 is 23.0 Å². The average molecular weight is 246 g/mol. The quantitative estimate of drug-likeness (QED) is 0.617. The maximum Gasteiger partial charge on any atom is 0.198 e. The molecule has 89 valence electrons. The SMILES string of the molecule is [N]=C=c1ccc(=C2C(=O)c3ccccc3C2=O)cc1. The van der Waals surface area contributed by atoms with E-state index in [2.05, 4.69) is 0 Å². The molecule has 1 aliphatic carbocycles. The van der Waals surface area contributed by atoms with Gasteiger partial charge in [0.15, 0.2) is 11.6 Å². The summed E-state index contributed by atoms with van der Waals surface area (Å²) in [6.07, 6.45) is 0. The van der Waals surface area contributed by atoms with Gasteiger partial charge in [0, 0.05) is 22.2 Å². The predicted octanol–water partition coefficient (Wildman–Crippen LogP) is 0.0579. The molecule has 3 nitrogen and oxygen atoms in total. The smallest absolute Gasteiger partial charge is 0.198 e. The summed E-state index contributed by atoms with van der Waals surface area (Å²) in [5, 5.41) is 9.81. The minimum atomic E-state index is -0.245. The zero-order valence-electron chi connectivity index (χ0n) is 9.88. The van der Waals surface area contributed by atoms with Crippen LogP contribution in [0.15, 0.2) is 48.5 Å². The van der Waals surface area contributed by atoms with E-state index >= 15 is 0 Å².